The van der Waals surface area contributed by atoms with Crippen molar-refractivity contribution < 1.29 is 25.0 Å². The van der Waals surface area contributed by atoms with Gasteiger partial charge in [0.15, 0.2) is 11.4 Å². The molecule has 0 saturated carbocycles. The van der Waals surface area contributed by atoms with E-state index in [4.69, 9.17) is 5.11 Å². The van der Waals surface area contributed by atoms with Gasteiger partial charge in [-0.2, -0.15) is 0 Å². The first-order chi connectivity index (χ1) is 11.7. The van der Waals surface area contributed by atoms with E-state index in [-0.39, 0.29) is 5.69 Å². The molecule has 1 unspecified atom stereocenters. The zero-order chi connectivity index (χ0) is 19.3. The molecule has 9 heteroatoms. The summed E-state index contributed by atoms with van der Waals surface area (Å²) in [5.41, 5.74) is 0.0638. The third-order valence-corrected chi connectivity index (χ3v) is 4.23. The van der Waals surface area contributed by atoms with Crippen LogP contribution in [0.25, 0.3) is 5.57 Å². The molecule has 1 aromatic carbocycles. The van der Waals surface area contributed by atoms with E-state index >= 15 is 0 Å². The maximum Gasteiger partial charge on any atom is 0.355 e. The monoisotopic (exact) mass is 366 g/mol. The first-order valence-corrected chi connectivity index (χ1v) is 8.18. The number of aromatic nitrogens is 1. The number of carboxylic acid groups (broad SMARTS) is 1. The van der Waals surface area contributed by atoms with Gasteiger partial charge in [0, 0.05) is 17.4 Å². The van der Waals surface area contributed by atoms with Crippen molar-refractivity contribution in [2.24, 2.45) is 0 Å². The number of aromatic hydroxyl groups is 2. The number of rotatable bonds is 5. The van der Waals surface area contributed by atoms with Gasteiger partial charge in [0.1, 0.15) is 5.01 Å². The minimum Gasteiger partial charge on any atom is -0.504 e. The molecule has 0 saturated heterocycles. The smallest absolute Gasteiger partial charge is 0.355 e. The summed E-state index contributed by atoms with van der Waals surface area (Å²) in [5.74, 6) is -3.06. The average Bonchev–Trinajstić information content (AvgIpc) is 3.07. The van der Waals surface area contributed by atoms with Crippen molar-refractivity contribution in [1.29, 1.82) is 0 Å². The van der Waals surface area contributed by atoms with Crippen LogP contribution < -0.4 is 0 Å². The summed E-state index contributed by atoms with van der Waals surface area (Å²) in [6.07, 6.45) is 0. The summed E-state index contributed by atoms with van der Waals surface area (Å²) in [7, 11) is 0. The third kappa shape index (κ3) is 4.32. The lowest BCUT2D eigenvalue weighted by atomic mass is 9.93. The Morgan fingerprint density at radius 1 is 1.36 bits per heavy atom. The van der Waals surface area contributed by atoms with Crippen molar-refractivity contribution in [3.8, 4) is 11.5 Å². The Morgan fingerprint density at radius 2 is 1.96 bits per heavy atom. The Balaban J connectivity index is 0.00000151. The molecule has 1 atom stereocenters. The van der Waals surface area contributed by atoms with E-state index in [1.807, 2.05) is 13.8 Å². The molecule has 0 aliphatic heterocycles. The normalized spacial score (nSPS) is 11.2. The van der Waals surface area contributed by atoms with Crippen LogP contribution in [-0.4, -0.2) is 31.2 Å². The molecule has 2 aromatic rings. The molecule has 0 radical (unpaired) electrons. The van der Waals surface area contributed by atoms with E-state index in [1.165, 1.54) is 11.4 Å². The van der Waals surface area contributed by atoms with Crippen LogP contribution in [0.1, 0.15) is 47.7 Å². The zero-order valence-corrected chi connectivity index (χ0v) is 14.7. The number of allylic oxidation sites excluding steroid dienone is 1. The van der Waals surface area contributed by atoms with Crippen LogP contribution in [0.3, 0.4) is 0 Å². The molecule has 0 amide bonds. The van der Waals surface area contributed by atoms with E-state index in [1.54, 1.807) is 6.92 Å². The number of aromatic carboxylic acids is 1. The molecule has 0 aliphatic rings. The molecule has 1 heterocycles. The highest BCUT2D eigenvalue weighted by Crippen LogP contribution is 2.41. The fourth-order valence-electron chi connectivity index (χ4n) is 1.92. The Kier molecular flexibility index (Phi) is 6.63. The minimum absolute atomic E-state index is 0.113. The lowest BCUT2D eigenvalue weighted by molar-refractivity contribution is -0.386. The third-order valence-electron chi connectivity index (χ3n) is 3.31. The van der Waals surface area contributed by atoms with Crippen molar-refractivity contribution in [3.63, 3.8) is 0 Å². The zero-order valence-electron chi connectivity index (χ0n) is 13.9. The molecular formula is C16H18N2O6S. The van der Waals surface area contributed by atoms with Crippen molar-refractivity contribution in [1.82, 2.24) is 4.98 Å². The standard InChI is InChI=1S/C14H12N2O6S.C2H6/c1-6(7(2)13-15-9(5-23-13)14(19)20)8-3-10(16(21)22)12(18)11(17)4-8;1-2/h3-6,17-18H,2H2,1H3,(H,19,20);1-2H3. The van der Waals surface area contributed by atoms with E-state index in [0.717, 1.165) is 17.4 Å². The van der Waals surface area contributed by atoms with Gasteiger partial charge in [0.05, 0.1) is 4.92 Å². The van der Waals surface area contributed by atoms with Crippen molar-refractivity contribution >= 4 is 28.6 Å². The topological polar surface area (TPSA) is 134 Å². The van der Waals surface area contributed by atoms with Gasteiger partial charge in [-0.15, -0.1) is 11.3 Å². The lowest BCUT2D eigenvalue weighted by Gasteiger charge is -2.14. The van der Waals surface area contributed by atoms with E-state index in [9.17, 15) is 25.1 Å². The maximum absolute atomic E-state index is 10.9. The predicted octanol–water partition coefficient (Wildman–Crippen LogP) is 4.00. The van der Waals surface area contributed by atoms with Crippen LogP contribution >= 0.6 is 11.3 Å². The van der Waals surface area contributed by atoms with Crippen LogP contribution in [0.5, 0.6) is 11.5 Å². The highest BCUT2D eigenvalue weighted by atomic mass is 32.1. The quantitative estimate of drug-likeness (QED) is 0.413. The average molecular weight is 366 g/mol. The number of thiazole rings is 1. The number of phenols is 2. The van der Waals surface area contributed by atoms with Crippen LogP contribution in [0.15, 0.2) is 24.1 Å². The summed E-state index contributed by atoms with van der Waals surface area (Å²) in [5, 5.41) is 40.7. The largest absolute Gasteiger partial charge is 0.504 e. The maximum atomic E-state index is 10.9. The van der Waals surface area contributed by atoms with Gasteiger partial charge in [0.25, 0.3) is 0 Å². The second-order valence-corrected chi connectivity index (χ2v) is 5.61. The van der Waals surface area contributed by atoms with Gasteiger partial charge in [0.2, 0.25) is 5.75 Å². The summed E-state index contributed by atoms with van der Waals surface area (Å²) < 4.78 is 0. The highest BCUT2D eigenvalue weighted by Gasteiger charge is 2.23. The molecular weight excluding hydrogens is 348 g/mol. The Bertz CT molecular complexity index is 815. The number of nitro groups is 1. The molecule has 134 valence electrons. The molecule has 3 N–H and O–H groups in total. The number of hydrogen-bond acceptors (Lipinski definition) is 7. The summed E-state index contributed by atoms with van der Waals surface area (Å²) in [6, 6.07) is 2.33. The van der Waals surface area contributed by atoms with E-state index in [2.05, 4.69) is 11.6 Å². The number of phenolic OH excluding ortho intramolecular Hbond substituents is 2. The van der Waals surface area contributed by atoms with Crippen LogP contribution in [0.2, 0.25) is 0 Å². The summed E-state index contributed by atoms with van der Waals surface area (Å²) >= 11 is 1.09. The number of carbonyl (C=O) groups is 1. The number of hydrogen-bond donors (Lipinski definition) is 3. The van der Waals surface area contributed by atoms with Crippen molar-refractivity contribution in [2.45, 2.75) is 26.7 Å². The van der Waals surface area contributed by atoms with Gasteiger partial charge >= 0.3 is 11.7 Å². The SMILES string of the molecule is C=C(c1nc(C(=O)O)cs1)C(C)c1cc(O)c(O)c([N+](=O)[O-])c1.CC. The molecule has 8 nitrogen and oxygen atoms in total. The van der Waals surface area contributed by atoms with Gasteiger partial charge in [-0.1, -0.05) is 27.4 Å². The van der Waals surface area contributed by atoms with E-state index < -0.39 is 34.0 Å². The lowest BCUT2D eigenvalue weighted by Crippen LogP contribution is -2.00. The highest BCUT2D eigenvalue weighted by molar-refractivity contribution is 7.11. The fraction of sp³-hybridized carbons (Fsp3) is 0.250. The van der Waals surface area contributed by atoms with Crippen molar-refractivity contribution in [3.05, 3.63) is 50.5 Å². The number of nitro benzene ring substituents is 1. The van der Waals surface area contributed by atoms with E-state index in [0.29, 0.717) is 16.1 Å². The molecule has 0 aliphatic carbocycles. The molecule has 1 aromatic heterocycles. The molecule has 25 heavy (non-hydrogen) atoms. The second-order valence-electron chi connectivity index (χ2n) is 4.75. The summed E-state index contributed by atoms with van der Waals surface area (Å²) in [6.45, 7) is 9.52. The molecule has 0 spiro atoms. The number of carboxylic acids is 1. The Labute approximate surface area is 147 Å². The van der Waals surface area contributed by atoms with Gasteiger partial charge < -0.3 is 15.3 Å². The first kappa shape index (κ1) is 20.1. The van der Waals surface area contributed by atoms with Gasteiger partial charge in [-0.25, -0.2) is 9.78 Å². The van der Waals surface area contributed by atoms with Crippen molar-refractivity contribution in [2.75, 3.05) is 0 Å². The molecule has 0 fully saturated rings. The molecule has 0 bridgehead atoms. The minimum atomic E-state index is -1.16. The fourth-order valence-corrected chi connectivity index (χ4v) is 2.78. The Morgan fingerprint density at radius 3 is 2.44 bits per heavy atom. The van der Waals surface area contributed by atoms with Gasteiger partial charge in [-0.3, -0.25) is 10.1 Å². The van der Waals surface area contributed by atoms with Gasteiger partial charge in [-0.05, 0) is 17.2 Å². The van der Waals surface area contributed by atoms with Crippen LogP contribution in [0.4, 0.5) is 5.69 Å². The molecule has 2 rings (SSSR count). The van der Waals surface area contributed by atoms with Crippen LogP contribution in [0, 0.1) is 10.1 Å². The van der Waals surface area contributed by atoms with Crippen LogP contribution in [-0.2, 0) is 0 Å². The predicted molar refractivity (Wildman–Crippen MR) is 94.3 cm³/mol. The Hall–Kier alpha value is -2.94. The number of nitrogens with zero attached hydrogens (tertiary/aromatic N) is 2. The number of benzene rings is 1. The first-order valence-electron chi connectivity index (χ1n) is 7.30. The second kappa shape index (κ2) is 8.25. The summed E-state index contributed by atoms with van der Waals surface area (Å²) in [4.78, 5) is 24.9.